The van der Waals surface area contributed by atoms with E-state index >= 15 is 0 Å². The van der Waals surface area contributed by atoms with Crippen LogP contribution in [0.2, 0.25) is 0 Å². The van der Waals surface area contributed by atoms with Gasteiger partial charge in [0.05, 0.1) is 6.10 Å². The van der Waals surface area contributed by atoms with Crippen molar-refractivity contribution in [1.29, 1.82) is 0 Å². The van der Waals surface area contributed by atoms with Crippen LogP contribution in [0.5, 0.6) is 0 Å². The first-order valence-corrected chi connectivity index (χ1v) is 7.42. The summed E-state index contributed by atoms with van der Waals surface area (Å²) in [4.78, 5) is 8.72. The van der Waals surface area contributed by atoms with E-state index in [9.17, 15) is 0 Å². The first kappa shape index (κ1) is 14.3. The number of rotatable bonds is 6. The second kappa shape index (κ2) is 7.43. The minimum atomic E-state index is 0.506. The van der Waals surface area contributed by atoms with E-state index in [2.05, 4.69) is 15.3 Å². The Morgan fingerprint density at radius 3 is 2.53 bits per heavy atom. The van der Waals surface area contributed by atoms with Gasteiger partial charge in [0.1, 0.15) is 0 Å². The third-order valence-electron chi connectivity index (χ3n) is 3.49. The molecular weight excluding hydrogens is 238 g/mol. The van der Waals surface area contributed by atoms with Crippen molar-refractivity contribution in [2.24, 2.45) is 0 Å². The summed E-state index contributed by atoms with van der Waals surface area (Å²) in [5.74, 6) is 0.732. The Morgan fingerprint density at radius 1 is 1.16 bits per heavy atom. The number of ether oxygens (including phenoxy) is 1. The van der Waals surface area contributed by atoms with Crippen LogP contribution in [0, 0.1) is 13.8 Å². The van der Waals surface area contributed by atoms with Crippen LogP contribution in [0.1, 0.15) is 49.9 Å². The smallest absolute Gasteiger partial charge is 0.223 e. The van der Waals surface area contributed by atoms with Gasteiger partial charge in [0.15, 0.2) is 0 Å². The van der Waals surface area contributed by atoms with Gasteiger partial charge < -0.3 is 10.1 Å². The molecule has 4 heteroatoms. The maximum absolute atomic E-state index is 5.89. The lowest BCUT2D eigenvalue weighted by Gasteiger charge is -2.21. The summed E-state index contributed by atoms with van der Waals surface area (Å²) < 4.78 is 5.89. The Bertz CT molecular complexity index is 369. The van der Waals surface area contributed by atoms with Crippen molar-refractivity contribution < 1.29 is 4.74 Å². The van der Waals surface area contributed by atoms with Gasteiger partial charge in [-0.3, -0.25) is 0 Å². The molecule has 0 amide bonds. The Labute approximate surface area is 116 Å². The molecule has 1 aliphatic carbocycles. The van der Waals surface area contributed by atoms with Crippen LogP contribution in [-0.2, 0) is 4.74 Å². The van der Waals surface area contributed by atoms with Gasteiger partial charge in [-0.15, -0.1) is 0 Å². The summed E-state index contributed by atoms with van der Waals surface area (Å²) in [6, 6.07) is 1.98. The Kier molecular flexibility index (Phi) is 5.58. The normalized spacial score (nSPS) is 16.5. The molecule has 1 N–H and O–H groups in total. The minimum Gasteiger partial charge on any atom is -0.378 e. The monoisotopic (exact) mass is 263 g/mol. The van der Waals surface area contributed by atoms with Crippen LogP contribution in [0.4, 0.5) is 5.95 Å². The number of aryl methyl sites for hydroxylation is 2. The molecule has 106 valence electrons. The molecule has 1 aromatic heterocycles. The lowest BCUT2D eigenvalue weighted by Crippen LogP contribution is -2.18. The molecule has 0 bridgehead atoms. The van der Waals surface area contributed by atoms with Crippen molar-refractivity contribution in [2.45, 2.75) is 58.5 Å². The second-order valence-electron chi connectivity index (χ2n) is 5.39. The third kappa shape index (κ3) is 5.15. The zero-order valence-electron chi connectivity index (χ0n) is 12.1. The van der Waals surface area contributed by atoms with E-state index in [1.807, 2.05) is 19.9 Å². The highest BCUT2D eigenvalue weighted by atomic mass is 16.5. The molecule has 0 unspecified atom stereocenters. The van der Waals surface area contributed by atoms with Crippen molar-refractivity contribution >= 4 is 5.95 Å². The van der Waals surface area contributed by atoms with E-state index in [-0.39, 0.29) is 0 Å². The minimum absolute atomic E-state index is 0.506. The van der Waals surface area contributed by atoms with Gasteiger partial charge in [0, 0.05) is 24.5 Å². The summed E-state index contributed by atoms with van der Waals surface area (Å²) in [5, 5.41) is 3.26. The van der Waals surface area contributed by atoms with Crippen LogP contribution in [0.15, 0.2) is 6.07 Å². The second-order valence-corrected chi connectivity index (χ2v) is 5.39. The van der Waals surface area contributed by atoms with E-state index < -0.39 is 0 Å². The molecule has 2 rings (SSSR count). The van der Waals surface area contributed by atoms with Crippen molar-refractivity contribution in [3.8, 4) is 0 Å². The first-order chi connectivity index (χ1) is 9.24. The van der Waals surface area contributed by atoms with Gasteiger partial charge in [0.25, 0.3) is 0 Å². The number of hydrogen-bond acceptors (Lipinski definition) is 4. The molecule has 1 heterocycles. The van der Waals surface area contributed by atoms with Gasteiger partial charge in [-0.25, -0.2) is 9.97 Å². The standard InChI is InChI=1S/C15H25N3O/c1-12-11-13(2)18-15(17-12)16-9-6-10-19-14-7-4-3-5-8-14/h11,14H,3-10H2,1-2H3,(H,16,17,18). The number of anilines is 1. The summed E-state index contributed by atoms with van der Waals surface area (Å²) in [7, 11) is 0. The largest absolute Gasteiger partial charge is 0.378 e. The molecule has 0 aliphatic heterocycles. The first-order valence-electron chi connectivity index (χ1n) is 7.42. The fourth-order valence-electron chi connectivity index (χ4n) is 2.56. The molecule has 1 aliphatic rings. The summed E-state index contributed by atoms with van der Waals surface area (Å²) >= 11 is 0. The van der Waals surface area contributed by atoms with E-state index in [0.717, 1.165) is 36.9 Å². The van der Waals surface area contributed by atoms with Crippen LogP contribution in [0.3, 0.4) is 0 Å². The molecule has 0 saturated heterocycles. The molecule has 0 spiro atoms. The molecule has 0 atom stereocenters. The van der Waals surface area contributed by atoms with Crippen molar-refractivity contribution in [1.82, 2.24) is 9.97 Å². The van der Waals surface area contributed by atoms with Crippen molar-refractivity contribution in [3.05, 3.63) is 17.5 Å². The Hall–Kier alpha value is -1.16. The van der Waals surface area contributed by atoms with Crippen LogP contribution in [0.25, 0.3) is 0 Å². The van der Waals surface area contributed by atoms with Crippen molar-refractivity contribution in [2.75, 3.05) is 18.5 Å². The maximum Gasteiger partial charge on any atom is 0.223 e. The quantitative estimate of drug-likeness (QED) is 0.800. The van der Waals surface area contributed by atoms with Gasteiger partial charge in [-0.2, -0.15) is 0 Å². The van der Waals surface area contributed by atoms with Gasteiger partial charge in [-0.05, 0) is 39.2 Å². The third-order valence-corrected chi connectivity index (χ3v) is 3.49. The number of nitrogens with one attached hydrogen (secondary N) is 1. The Balaban J connectivity index is 1.60. The molecule has 1 fully saturated rings. The van der Waals surface area contributed by atoms with E-state index in [1.54, 1.807) is 0 Å². The highest BCUT2D eigenvalue weighted by Crippen LogP contribution is 2.20. The Morgan fingerprint density at radius 2 is 1.84 bits per heavy atom. The summed E-state index contributed by atoms with van der Waals surface area (Å²) in [6.45, 7) is 5.69. The molecule has 19 heavy (non-hydrogen) atoms. The molecule has 4 nitrogen and oxygen atoms in total. The number of hydrogen-bond donors (Lipinski definition) is 1. The van der Waals surface area contributed by atoms with E-state index in [1.165, 1.54) is 32.1 Å². The van der Waals surface area contributed by atoms with Crippen LogP contribution >= 0.6 is 0 Å². The van der Waals surface area contributed by atoms with Gasteiger partial charge >= 0.3 is 0 Å². The average Bonchev–Trinajstić information content (AvgIpc) is 2.38. The predicted octanol–water partition coefficient (Wildman–Crippen LogP) is 3.24. The zero-order chi connectivity index (χ0) is 13.5. The van der Waals surface area contributed by atoms with Crippen LogP contribution < -0.4 is 5.32 Å². The molecule has 0 aromatic carbocycles. The summed E-state index contributed by atoms with van der Waals surface area (Å²) in [5.41, 5.74) is 2.02. The highest BCUT2D eigenvalue weighted by molar-refractivity contribution is 5.27. The summed E-state index contributed by atoms with van der Waals surface area (Å²) in [6.07, 6.45) is 8.05. The van der Waals surface area contributed by atoms with Gasteiger partial charge in [-0.1, -0.05) is 19.3 Å². The maximum atomic E-state index is 5.89. The van der Waals surface area contributed by atoms with Crippen molar-refractivity contribution in [3.63, 3.8) is 0 Å². The lowest BCUT2D eigenvalue weighted by atomic mass is 9.98. The van der Waals surface area contributed by atoms with E-state index in [0.29, 0.717) is 6.10 Å². The van der Waals surface area contributed by atoms with E-state index in [4.69, 9.17) is 4.74 Å². The molecular formula is C15H25N3O. The molecule has 0 radical (unpaired) electrons. The molecule has 1 aromatic rings. The van der Waals surface area contributed by atoms with Gasteiger partial charge in [0.2, 0.25) is 5.95 Å². The average molecular weight is 263 g/mol. The topological polar surface area (TPSA) is 47.0 Å². The molecule has 1 saturated carbocycles. The van der Waals surface area contributed by atoms with Crippen LogP contribution in [-0.4, -0.2) is 29.2 Å². The predicted molar refractivity (Wildman–Crippen MR) is 77.4 cm³/mol. The fourth-order valence-corrected chi connectivity index (χ4v) is 2.56. The SMILES string of the molecule is Cc1cc(C)nc(NCCCOC2CCCCC2)n1. The highest BCUT2D eigenvalue weighted by Gasteiger charge is 2.12. The lowest BCUT2D eigenvalue weighted by molar-refractivity contribution is 0.0284. The fraction of sp³-hybridized carbons (Fsp3) is 0.733. The number of nitrogens with zero attached hydrogens (tertiary/aromatic N) is 2. The zero-order valence-corrected chi connectivity index (χ0v) is 12.1. The number of aromatic nitrogens is 2.